The molecule has 3 aromatic rings. The Labute approximate surface area is 197 Å². The minimum absolute atomic E-state index is 0.512. The van der Waals surface area contributed by atoms with Crippen LogP contribution in [0.25, 0.3) is 11.3 Å². The second kappa shape index (κ2) is 10.9. The van der Waals surface area contributed by atoms with Crippen LogP contribution in [0.2, 0.25) is 0 Å². The number of hydrogen-bond donors (Lipinski definition) is 4. The summed E-state index contributed by atoms with van der Waals surface area (Å²) in [5.74, 6) is 0. The van der Waals surface area contributed by atoms with Crippen LogP contribution in [0.3, 0.4) is 0 Å². The van der Waals surface area contributed by atoms with Gasteiger partial charge in [0.2, 0.25) is 0 Å². The second-order valence-corrected chi connectivity index (χ2v) is 8.32. The lowest BCUT2D eigenvalue weighted by Gasteiger charge is -2.39. The summed E-state index contributed by atoms with van der Waals surface area (Å²) in [5.41, 5.74) is 4.03. The van der Waals surface area contributed by atoms with E-state index in [9.17, 15) is 20.4 Å². The molecule has 4 N–H and O–H groups in total. The van der Waals surface area contributed by atoms with Crippen LogP contribution in [0.5, 0.6) is 0 Å². The molecule has 2 aromatic carbocycles. The highest BCUT2D eigenvalue weighted by molar-refractivity contribution is 5.60. The van der Waals surface area contributed by atoms with Crippen molar-refractivity contribution in [3.8, 4) is 11.3 Å². The van der Waals surface area contributed by atoms with Crippen molar-refractivity contribution >= 4 is 11.4 Å². The third-order valence-electron chi connectivity index (χ3n) is 5.84. The molecule has 34 heavy (non-hydrogen) atoms. The van der Waals surface area contributed by atoms with E-state index >= 15 is 0 Å². The highest BCUT2D eigenvalue weighted by Crippen LogP contribution is 2.29. The largest absolute Gasteiger partial charge is 0.394 e. The molecule has 0 spiro atoms. The Hall–Kier alpha value is -3.02. The zero-order valence-corrected chi connectivity index (χ0v) is 18.8. The number of aromatic nitrogens is 3. The molecular weight excluding hydrogens is 438 g/mol. The lowest BCUT2D eigenvalue weighted by atomic mass is 9.98. The van der Waals surface area contributed by atoms with E-state index in [1.807, 2.05) is 24.3 Å². The number of benzene rings is 2. The number of unbranched alkanes of at least 4 members (excludes halogenated alkanes) is 1. The van der Waals surface area contributed by atoms with Crippen molar-refractivity contribution in [2.75, 3.05) is 6.61 Å². The van der Waals surface area contributed by atoms with Gasteiger partial charge in [-0.15, -0.1) is 5.10 Å². The summed E-state index contributed by atoms with van der Waals surface area (Å²) in [6.07, 6.45) is -1.51. The van der Waals surface area contributed by atoms with Crippen LogP contribution in [0.4, 0.5) is 11.4 Å². The fourth-order valence-corrected chi connectivity index (χ4v) is 3.76. The van der Waals surface area contributed by atoms with Gasteiger partial charge in [0.15, 0.2) is 6.23 Å². The zero-order valence-electron chi connectivity index (χ0n) is 18.8. The van der Waals surface area contributed by atoms with Crippen LogP contribution in [-0.2, 0) is 11.2 Å². The quantitative estimate of drug-likeness (QED) is 0.373. The van der Waals surface area contributed by atoms with Gasteiger partial charge >= 0.3 is 0 Å². The normalized spacial score (nSPS) is 25.1. The van der Waals surface area contributed by atoms with E-state index in [0.717, 1.165) is 17.7 Å². The van der Waals surface area contributed by atoms with Gasteiger partial charge in [-0.2, -0.15) is 10.2 Å². The van der Waals surface area contributed by atoms with Crippen LogP contribution in [0.1, 0.15) is 31.6 Å². The molecule has 1 aromatic heterocycles. The number of nitrogens with zero attached hydrogens (tertiary/aromatic N) is 5. The van der Waals surface area contributed by atoms with Crippen molar-refractivity contribution < 1.29 is 25.2 Å². The van der Waals surface area contributed by atoms with Crippen molar-refractivity contribution in [2.45, 2.75) is 56.8 Å². The van der Waals surface area contributed by atoms with Crippen molar-refractivity contribution in [1.29, 1.82) is 0 Å². The predicted molar refractivity (Wildman–Crippen MR) is 124 cm³/mol. The number of aryl methyl sites for hydroxylation is 1. The third-order valence-corrected chi connectivity index (χ3v) is 5.84. The first-order valence-corrected chi connectivity index (χ1v) is 11.3. The van der Waals surface area contributed by atoms with E-state index in [-0.39, 0.29) is 0 Å². The maximum Gasteiger partial charge on any atom is 0.180 e. The average Bonchev–Trinajstić information content (AvgIpc) is 3.36. The Balaban J connectivity index is 1.42. The molecule has 1 aliphatic heterocycles. The Bertz CT molecular complexity index is 1080. The van der Waals surface area contributed by atoms with Gasteiger partial charge in [-0.25, -0.2) is 4.68 Å². The molecule has 10 heteroatoms. The lowest BCUT2D eigenvalue weighted by molar-refractivity contribution is -0.254. The van der Waals surface area contributed by atoms with Gasteiger partial charge in [-0.3, -0.25) is 0 Å². The van der Waals surface area contributed by atoms with Gasteiger partial charge in [0.05, 0.1) is 24.2 Å². The summed E-state index contributed by atoms with van der Waals surface area (Å²) in [6.45, 7) is 1.66. The number of aliphatic hydroxyl groups is 4. The molecule has 0 radical (unpaired) electrons. The number of rotatable bonds is 8. The van der Waals surface area contributed by atoms with Gasteiger partial charge < -0.3 is 25.2 Å². The first kappa shape index (κ1) is 24.1. The van der Waals surface area contributed by atoms with Crippen molar-refractivity contribution in [3.05, 3.63) is 60.3 Å². The van der Waals surface area contributed by atoms with E-state index in [1.54, 1.807) is 18.3 Å². The molecule has 2 heterocycles. The number of hydrogen-bond acceptors (Lipinski definition) is 9. The summed E-state index contributed by atoms with van der Waals surface area (Å²) < 4.78 is 6.77. The highest BCUT2D eigenvalue weighted by atomic mass is 16.6. The predicted octanol–water partition coefficient (Wildman–Crippen LogP) is 2.68. The molecule has 0 unspecified atom stereocenters. The molecule has 0 amide bonds. The second-order valence-electron chi connectivity index (χ2n) is 8.32. The third kappa shape index (κ3) is 5.37. The maximum absolute atomic E-state index is 10.3. The van der Waals surface area contributed by atoms with Gasteiger partial charge in [-0.1, -0.05) is 42.8 Å². The maximum atomic E-state index is 10.3. The fourth-order valence-electron chi connectivity index (χ4n) is 3.76. The van der Waals surface area contributed by atoms with Gasteiger partial charge in [-0.05, 0) is 42.7 Å². The number of aliphatic hydroxyl groups excluding tert-OH is 4. The zero-order chi connectivity index (χ0) is 24.1. The summed E-state index contributed by atoms with van der Waals surface area (Å²) >= 11 is 0. The van der Waals surface area contributed by atoms with Crippen molar-refractivity contribution in [1.82, 2.24) is 15.0 Å². The SMILES string of the molecule is CCCCc1ccc(N=Nc2ccc(-c3cn([C@@H]4O[C@H](CO)[C@@H](O)[C@H](O)[C@H]4O)nn3)cc2)cc1. The molecule has 4 rings (SSSR count). The van der Waals surface area contributed by atoms with Crippen LogP contribution in [0, 0.1) is 0 Å². The summed E-state index contributed by atoms with van der Waals surface area (Å²) in [7, 11) is 0. The minimum Gasteiger partial charge on any atom is -0.394 e. The Kier molecular flexibility index (Phi) is 7.76. The molecule has 0 aliphatic carbocycles. The molecule has 180 valence electrons. The lowest BCUT2D eigenvalue weighted by Crippen LogP contribution is -2.56. The standard InChI is InChI=1S/C24H29N5O5/c1-2-3-4-15-5-9-17(10-6-15)25-26-18-11-7-16(8-12-18)19-13-29(28-27-19)24-23(33)22(32)21(31)20(14-30)34-24/h5-13,20-24,30-33H,2-4,14H2,1H3/t20-,21-,22+,23-,24-/m1/s1. The highest BCUT2D eigenvalue weighted by Gasteiger charge is 2.44. The van der Waals surface area contributed by atoms with Crippen molar-refractivity contribution in [2.24, 2.45) is 10.2 Å². The molecule has 1 fully saturated rings. The molecule has 0 bridgehead atoms. The topological polar surface area (TPSA) is 146 Å². The van der Waals surface area contributed by atoms with Gasteiger partial charge in [0.25, 0.3) is 0 Å². The molecular formula is C24H29N5O5. The van der Waals surface area contributed by atoms with Gasteiger partial charge in [0.1, 0.15) is 30.1 Å². The first-order valence-electron chi connectivity index (χ1n) is 11.3. The van der Waals surface area contributed by atoms with E-state index in [0.29, 0.717) is 11.4 Å². The number of azo groups is 1. The van der Waals surface area contributed by atoms with Gasteiger partial charge in [0, 0.05) is 5.56 Å². The Morgan fingerprint density at radius 2 is 1.56 bits per heavy atom. The fraction of sp³-hybridized carbons (Fsp3) is 0.417. The van der Waals surface area contributed by atoms with E-state index in [2.05, 4.69) is 39.6 Å². The Morgan fingerprint density at radius 1 is 0.912 bits per heavy atom. The van der Waals surface area contributed by atoms with Crippen LogP contribution in [0.15, 0.2) is 65.0 Å². The van der Waals surface area contributed by atoms with Crippen LogP contribution in [-0.4, -0.2) is 66.4 Å². The van der Waals surface area contributed by atoms with E-state index in [4.69, 9.17) is 4.74 Å². The average molecular weight is 468 g/mol. The minimum atomic E-state index is -1.49. The monoisotopic (exact) mass is 467 g/mol. The summed E-state index contributed by atoms with van der Waals surface area (Å²) in [4.78, 5) is 0. The molecule has 0 saturated carbocycles. The molecule has 1 aliphatic rings. The van der Waals surface area contributed by atoms with Crippen LogP contribution < -0.4 is 0 Å². The Morgan fingerprint density at radius 3 is 2.18 bits per heavy atom. The smallest absolute Gasteiger partial charge is 0.180 e. The van der Waals surface area contributed by atoms with Crippen molar-refractivity contribution in [3.63, 3.8) is 0 Å². The summed E-state index contributed by atoms with van der Waals surface area (Å²) in [6, 6.07) is 15.3. The number of ether oxygens (including phenoxy) is 1. The first-order chi connectivity index (χ1) is 16.5. The van der Waals surface area contributed by atoms with E-state index < -0.39 is 37.3 Å². The molecule has 5 atom stereocenters. The summed E-state index contributed by atoms with van der Waals surface area (Å²) in [5, 5.41) is 56.2. The van der Waals surface area contributed by atoms with E-state index in [1.165, 1.54) is 23.1 Å². The molecule has 10 nitrogen and oxygen atoms in total. The van der Waals surface area contributed by atoms with Crippen LogP contribution >= 0.6 is 0 Å². The molecule has 1 saturated heterocycles.